The second kappa shape index (κ2) is 16.5. The molecule has 13 rings (SSSR count). The second-order valence-corrected chi connectivity index (χ2v) is 19.1. The number of thiophene rings is 2. The molecule has 0 atom stereocenters. The molecule has 0 radical (unpaired) electrons. The summed E-state index contributed by atoms with van der Waals surface area (Å²) in [5, 5.41) is 2.29. The van der Waals surface area contributed by atoms with Gasteiger partial charge in [-0.25, -0.2) is 0 Å². The molecule has 1 aliphatic heterocycles. The Kier molecular flexibility index (Phi) is 9.70. The summed E-state index contributed by atoms with van der Waals surface area (Å²) >= 11 is 3.61. The number of para-hydroxylation sites is 5. The minimum Gasteiger partial charge on any atom is -0.310 e. The number of benzene rings is 7. The lowest BCUT2D eigenvalue weighted by atomic mass is 9.64. The van der Waals surface area contributed by atoms with E-state index >= 15 is 0 Å². The number of aromatic nitrogens is 2. The van der Waals surface area contributed by atoms with Crippen molar-refractivity contribution in [1.29, 1.82) is 0 Å². The van der Waals surface area contributed by atoms with Gasteiger partial charge in [-0.05, 0) is 155 Å². The van der Waals surface area contributed by atoms with Gasteiger partial charge >= 0.3 is 0 Å². The molecule has 7 heteroatoms. The molecule has 11 aromatic rings. The third-order valence-electron chi connectivity index (χ3n) is 13.2. The molecule has 322 valence electrons. The third-order valence-corrected chi connectivity index (χ3v) is 15.4. The summed E-state index contributed by atoms with van der Waals surface area (Å²) in [6, 6.07) is 85.3. The van der Waals surface area contributed by atoms with E-state index in [1.807, 2.05) is 12.4 Å². The zero-order valence-corrected chi connectivity index (χ0v) is 38.4. The van der Waals surface area contributed by atoms with E-state index in [2.05, 4.69) is 251 Å². The van der Waals surface area contributed by atoms with Crippen molar-refractivity contribution in [2.45, 2.75) is 5.41 Å². The largest absolute Gasteiger partial charge is 0.310 e. The van der Waals surface area contributed by atoms with Crippen LogP contribution in [-0.4, -0.2) is 9.97 Å². The lowest BCUT2D eigenvalue weighted by Crippen LogP contribution is -2.36. The Morgan fingerprint density at radius 3 is 1.13 bits per heavy atom. The number of hydrogen-bond donors (Lipinski definition) is 0. The van der Waals surface area contributed by atoms with E-state index in [0.717, 1.165) is 83.5 Å². The standard InChI is InChI=1S/C61H41N5S2/c1-6-18-44(19-7-1)64(45-20-8-2-9-21-45)57-36-34-55(67-57)42-30-32-53-51(40-42)61(49-28-16-38-62-59(49)60-50(61)29-17-39-63-60)52-41-43(31-33-54(52)66(53)48-26-14-5-15-27-48)56-35-37-58(68-56)65(46-22-10-3-11-23-46)47-24-12-4-13-25-47/h1-41H. The van der Waals surface area contributed by atoms with E-state index in [-0.39, 0.29) is 0 Å². The van der Waals surface area contributed by atoms with E-state index in [9.17, 15) is 0 Å². The van der Waals surface area contributed by atoms with Crippen LogP contribution in [0.3, 0.4) is 0 Å². The SMILES string of the molecule is c1ccc(N(c2ccccc2)c2ccc(-c3ccc4c(c3)C3(c5cc(-c6ccc(N(c7ccccc7)c7ccccc7)s6)ccc5N4c4ccccc4)c4cccnc4-c4ncccc43)s2)cc1. The molecule has 0 fully saturated rings. The average Bonchev–Trinajstić information content (AvgIpc) is 4.17. The van der Waals surface area contributed by atoms with Gasteiger partial charge in [0.15, 0.2) is 0 Å². The average molecular weight is 908 g/mol. The Balaban J connectivity index is 1.03. The normalized spacial score (nSPS) is 12.8. The van der Waals surface area contributed by atoms with Gasteiger partial charge in [0.05, 0.1) is 28.2 Å². The zero-order valence-electron chi connectivity index (χ0n) is 36.7. The Morgan fingerprint density at radius 2 is 0.735 bits per heavy atom. The van der Waals surface area contributed by atoms with E-state index in [1.54, 1.807) is 22.7 Å². The van der Waals surface area contributed by atoms with E-state index in [4.69, 9.17) is 9.97 Å². The first kappa shape index (κ1) is 40.0. The van der Waals surface area contributed by atoms with Crippen molar-refractivity contribution in [2.75, 3.05) is 14.7 Å². The number of rotatable bonds is 9. The molecule has 5 heterocycles. The number of fused-ring (bicyclic) bond motifs is 9. The highest BCUT2D eigenvalue weighted by Crippen LogP contribution is 2.64. The summed E-state index contributed by atoms with van der Waals surface area (Å²) in [4.78, 5) is 19.7. The fourth-order valence-corrected chi connectivity index (χ4v) is 12.4. The van der Waals surface area contributed by atoms with Crippen LogP contribution in [0.15, 0.2) is 249 Å². The quantitative estimate of drug-likeness (QED) is 0.144. The first-order valence-corrected chi connectivity index (χ1v) is 24.4. The lowest BCUT2D eigenvalue weighted by Gasteiger charge is -2.45. The maximum Gasteiger partial charge on any atom is 0.101 e. The van der Waals surface area contributed by atoms with Crippen molar-refractivity contribution in [3.8, 4) is 32.3 Å². The summed E-state index contributed by atoms with van der Waals surface area (Å²) in [5.74, 6) is 0. The second-order valence-electron chi connectivity index (χ2n) is 17.0. The predicted molar refractivity (Wildman–Crippen MR) is 284 cm³/mol. The minimum absolute atomic E-state index is 0.741. The van der Waals surface area contributed by atoms with Crippen LogP contribution < -0.4 is 14.7 Å². The summed E-state index contributed by atoms with van der Waals surface area (Å²) in [6.45, 7) is 0. The molecule has 0 unspecified atom stereocenters. The summed E-state index contributed by atoms with van der Waals surface area (Å²) in [7, 11) is 0. The first-order chi connectivity index (χ1) is 33.7. The molecular weight excluding hydrogens is 867 g/mol. The zero-order chi connectivity index (χ0) is 45.0. The number of hydrogen-bond acceptors (Lipinski definition) is 7. The van der Waals surface area contributed by atoms with E-state index in [0.29, 0.717) is 0 Å². The first-order valence-electron chi connectivity index (χ1n) is 22.8. The number of anilines is 9. The van der Waals surface area contributed by atoms with E-state index < -0.39 is 5.41 Å². The fourth-order valence-electron chi connectivity index (χ4n) is 10.3. The van der Waals surface area contributed by atoms with Crippen LogP contribution in [0.25, 0.3) is 32.3 Å². The third kappa shape index (κ3) is 6.43. The monoisotopic (exact) mass is 907 g/mol. The van der Waals surface area contributed by atoms with Crippen LogP contribution in [0, 0.1) is 0 Å². The van der Waals surface area contributed by atoms with Crippen molar-refractivity contribution in [3.63, 3.8) is 0 Å². The molecule has 7 aromatic carbocycles. The highest BCUT2D eigenvalue weighted by atomic mass is 32.1. The van der Waals surface area contributed by atoms with Crippen molar-refractivity contribution >= 4 is 72.5 Å². The van der Waals surface area contributed by atoms with Crippen LogP contribution in [0.2, 0.25) is 0 Å². The molecule has 0 bridgehead atoms. The molecule has 4 aromatic heterocycles. The molecule has 0 saturated carbocycles. The summed E-state index contributed by atoms with van der Waals surface area (Å²) in [5.41, 5.74) is 15.9. The number of nitrogens with zero attached hydrogens (tertiary/aromatic N) is 5. The fraction of sp³-hybridized carbons (Fsp3) is 0.0164. The van der Waals surface area contributed by atoms with Crippen LogP contribution >= 0.6 is 22.7 Å². The molecule has 0 saturated heterocycles. The van der Waals surface area contributed by atoms with Crippen LogP contribution in [0.1, 0.15) is 22.3 Å². The molecule has 2 aliphatic rings. The smallest absolute Gasteiger partial charge is 0.101 e. The van der Waals surface area contributed by atoms with Gasteiger partial charge in [-0.1, -0.05) is 115 Å². The molecule has 0 amide bonds. The van der Waals surface area contributed by atoms with Crippen molar-refractivity contribution in [2.24, 2.45) is 0 Å². The van der Waals surface area contributed by atoms with Gasteiger partial charge in [-0.15, -0.1) is 22.7 Å². The van der Waals surface area contributed by atoms with Crippen LogP contribution in [0.4, 0.5) is 49.8 Å². The van der Waals surface area contributed by atoms with Gasteiger partial charge in [-0.2, -0.15) is 0 Å². The van der Waals surface area contributed by atoms with Gasteiger partial charge < -0.3 is 14.7 Å². The number of pyridine rings is 2. The predicted octanol–water partition coefficient (Wildman–Crippen LogP) is 17.0. The van der Waals surface area contributed by atoms with E-state index in [1.165, 1.54) is 20.9 Å². The van der Waals surface area contributed by atoms with Crippen molar-refractivity contribution in [3.05, 3.63) is 271 Å². The Hall–Kier alpha value is -8.36. The summed E-state index contributed by atoms with van der Waals surface area (Å²) in [6.07, 6.45) is 3.81. The molecule has 1 aliphatic carbocycles. The molecular formula is C61H41N5S2. The molecule has 1 spiro atoms. The molecule has 5 nitrogen and oxygen atoms in total. The summed E-state index contributed by atoms with van der Waals surface area (Å²) < 4.78 is 0. The van der Waals surface area contributed by atoms with Gasteiger partial charge in [0.25, 0.3) is 0 Å². The van der Waals surface area contributed by atoms with Crippen LogP contribution in [-0.2, 0) is 5.41 Å². The van der Waals surface area contributed by atoms with Crippen molar-refractivity contribution < 1.29 is 0 Å². The van der Waals surface area contributed by atoms with Crippen LogP contribution in [0.5, 0.6) is 0 Å². The molecule has 68 heavy (non-hydrogen) atoms. The lowest BCUT2D eigenvalue weighted by molar-refractivity contribution is 0.750. The highest BCUT2D eigenvalue weighted by Gasteiger charge is 2.53. The van der Waals surface area contributed by atoms with Crippen molar-refractivity contribution in [1.82, 2.24) is 9.97 Å². The topological polar surface area (TPSA) is 35.5 Å². The van der Waals surface area contributed by atoms with Gasteiger partial charge in [0.1, 0.15) is 10.0 Å². The van der Waals surface area contributed by atoms with Gasteiger partial charge in [-0.3, -0.25) is 9.97 Å². The maximum atomic E-state index is 5.11. The molecule has 0 N–H and O–H groups in total. The Bertz CT molecular complexity index is 3290. The Morgan fingerprint density at radius 1 is 0.353 bits per heavy atom. The van der Waals surface area contributed by atoms with Gasteiger partial charge in [0.2, 0.25) is 0 Å². The Labute approximate surface area is 403 Å². The van der Waals surface area contributed by atoms with Gasteiger partial charge in [0, 0.05) is 50.6 Å². The minimum atomic E-state index is -0.741. The maximum absolute atomic E-state index is 5.11. The highest BCUT2D eigenvalue weighted by molar-refractivity contribution is 7.20.